The molecule has 25 heavy (non-hydrogen) atoms. The molecule has 0 fully saturated rings. The fourth-order valence-corrected chi connectivity index (χ4v) is 2.17. The molecule has 2 aromatic heterocycles. The van der Waals surface area contributed by atoms with Crippen LogP contribution in [-0.4, -0.2) is 34.4 Å². The summed E-state index contributed by atoms with van der Waals surface area (Å²) in [6.45, 7) is 0.579. The zero-order valence-electron chi connectivity index (χ0n) is 13.9. The summed E-state index contributed by atoms with van der Waals surface area (Å²) in [4.78, 5) is 8.39. The lowest BCUT2D eigenvalue weighted by Crippen LogP contribution is -2.06. The van der Waals surface area contributed by atoms with Gasteiger partial charge in [-0.25, -0.2) is 0 Å². The van der Waals surface area contributed by atoms with E-state index in [1.807, 2.05) is 30.3 Å². The van der Waals surface area contributed by atoms with Crippen LogP contribution in [0.2, 0.25) is 0 Å². The van der Waals surface area contributed by atoms with Gasteiger partial charge >= 0.3 is 0 Å². The van der Waals surface area contributed by atoms with Crippen LogP contribution < -0.4 is 20.1 Å². The molecular weight excluding hydrogens is 320 g/mol. The summed E-state index contributed by atoms with van der Waals surface area (Å²) in [6.07, 6.45) is 5.02. The Kier molecular flexibility index (Phi) is 5.20. The van der Waals surface area contributed by atoms with Gasteiger partial charge in [0.15, 0.2) is 5.82 Å². The van der Waals surface area contributed by atoms with Gasteiger partial charge < -0.3 is 20.1 Å². The van der Waals surface area contributed by atoms with Crippen molar-refractivity contribution in [2.24, 2.45) is 0 Å². The zero-order chi connectivity index (χ0) is 17.5. The molecule has 128 valence electrons. The van der Waals surface area contributed by atoms with E-state index in [4.69, 9.17) is 9.47 Å². The lowest BCUT2D eigenvalue weighted by Gasteiger charge is -2.12. The van der Waals surface area contributed by atoms with Crippen molar-refractivity contribution in [3.8, 4) is 11.5 Å². The monoisotopic (exact) mass is 338 g/mol. The predicted octanol–water partition coefficient (Wildman–Crippen LogP) is 2.64. The van der Waals surface area contributed by atoms with Gasteiger partial charge in [-0.05, 0) is 29.8 Å². The van der Waals surface area contributed by atoms with Gasteiger partial charge in [0, 0.05) is 25.0 Å². The number of ether oxygens (including phenoxy) is 2. The van der Waals surface area contributed by atoms with E-state index in [2.05, 4.69) is 30.8 Å². The van der Waals surface area contributed by atoms with E-state index in [-0.39, 0.29) is 0 Å². The maximum Gasteiger partial charge on any atom is 0.244 e. The molecule has 3 rings (SSSR count). The molecule has 1 aromatic carbocycles. The summed E-state index contributed by atoms with van der Waals surface area (Å²) in [5.74, 6) is 2.34. The van der Waals surface area contributed by atoms with E-state index >= 15 is 0 Å². The van der Waals surface area contributed by atoms with Crippen LogP contribution in [0.4, 0.5) is 17.5 Å². The number of aromatic nitrogens is 4. The van der Waals surface area contributed by atoms with Crippen molar-refractivity contribution in [1.82, 2.24) is 20.2 Å². The highest BCUT2D eigenvalue weighted by Crippen LogP contribution is 2.30. The van der Waals surface area contributed by atoms with E-state index in [1.54, 1.807) is 26.6 Å². The number of methoxy groups -OCH3 is 2. The second kappa shape index (κ2) is 7.91. The number of benzene rings is 1. The molecule has 3 aromatic rings. The Morgan fingerprint density at radius 2 is 1.88 bits per heavy atom. The van der Waals surface area contributed by atoms with Gasteiger partial charge in [0.1, 0.15) is 11.5 Å². The molecule has 2 heterocycles. The first-order valence-corrected chi connectivity index (χ1v) is 7.60. The van der Waals surface area contributed by atoms with Crippen LogP contribution in [0.15, 0.2) is 48.9 Å². The van der Waals surface area contributed by atoms with Crippen LogP contribution in [0.3, 0.4) is 0 Å². The fraction of sp³-hybridized carbons (Fsp3) is 0.176. The maximum atomic E-state index is 5.35. The quantitative estimate of drug-likeness (QED) is 0.679. The Hall–Kier alpha value is -3.42. The Morgan fingerprint density at radius 1 is 1.04 bits per heavy atom. The highest BCUT2D eigenvalue weighted by atomic mass is 16.5. The van der Waals surface area contributed by atoms with Crippen molar-refractivity contribution in [2.75, 3.05) is 24.9 Å². The van der Waals surface area contributed by atoms with E-state index < -0.39 is 0 Å². The molecule has 0 bridgehead atoms. The minimum atomic E-state index is 0.420. The summed E-state index contributed by atoms with van der Waals surface area (Å²) in [5.41, 5.74) is 1.80. The molecule has 0 aliphatic rings. The van der Waals surface area contributed by atoms with Gasteiger partial charge in [0.2, 0.25) is 5.95 Å². The molecule has 0 unspecified atom stereocenters. The van der Waals surface area contributed by atoms with Crippen LogP contribution in [0.1, 0.15) is 5.56 Å². The minimum Gasteiger partial charge on any atom is -0.497 e. The second-order valence-corrected chi connectivity index (χ2v) is 5.07. The third-order valence-corrected chi connectivity index (χ3v) is 3.43. The van der Waals surface area contributed by atoms with Gasteiger partial charge in [-0.1, -0.05) is 0 Å². The molecule has 8 nitrogen and oxygen atoms in total. The molecule has 8 heteroatoms. The standard InChI is InChI=1S/C17H18N6O2/c1-24-13-3-4-15(25-2)14(9-13)21-16-11-20-23-17(22-16)19-10-12-5-7-18-8-6-12/h3-9,11H,10H2,1-2H3,(H2,19,21,22,23). The van der Waals surface area contributed by atoms with Crippen molar-refractivity contribution >= 4 is 17.5 Å². The molecule has 0 saturated heterocycles. The number of anilines is 3. The van der Waals surface area contributed by atoms with Crippen molar-refractivity contribution in [3.05, 3.63) is 54.5 Å². The Balaban J connectivity index is 1.73. The summed E-state index contributed by atoms with van der Waals surface area (Å²) >= 11 is 0. The SMILES string of the molecule is COc1ccc(OC)c(Nc2cnnc(NCc3ccncc3)n2)c1. The molecule has 0 atom stereocenters. The average molecular weight is 338 g/mol. The average Bonchev–Trinajstić information content (AvgIpc) is 2.67. The predicted molar refractivity (Wildman–Crippen MR) is 94.2 cm³/mol. The van der Waals surface area contributed by atoms with Crippen LogP contribution in [-0.2, 0) is 6.54 Å². The van der Waals surface area contributed by atoms with Gasteiger partial charge in [0.25, 0.3) is 0 Å². The number of nitrogens with one attached hydrogen (secondary N) is 2. The Morgan fingerprint density at radius 3 is 2.64 bits per heavy atom. The Labute approximate surface area is 145 Å². The number of hydrogen-bond acceptors (Lipinski definition) is 8. The first-order chi connectivity index (χ1) is 12.3. The van der Waals surface area contributed by atoms with Gasteiger partial charge in [-0.2, -0.15) is 10.1 Å². The molecule has 2 N–H and O–H groups in total. The van der Waals surface area contributed by atoms with E-state index in [0.29, 0.717) is 29.8 Å². The van der Waals surface area contributed by atoms with Gasteiger partial charge in [-0.15, -0.1) is 5.10 Å². The van der Waals surface area contributed by atoms with Gasteiger partial charge in [0.05, 0.1) is 26.1 Å². The minimum absolute atomic E-state index is 0.420. The zero-order valence-corrected chi connectivity index (χ0v) is 13.9. The lowest BCUT2D eigenvalue weighted by atomic mass is 10.2. The maximum absolute atomic E-state index is 5.35. The van der Waals surface area contributed by atoms with Crippen molar-refractivity contribution in [3.63, 3.8) is 0 Å². The van der Waals surface area contributed by atoms with Crippen molar-refractivity contribution in [1.29, 1.82) is 0 Å². The highest BCUT2D eigenvalue weighted by molar-refractivity contribution is 5.66. The first kappa shape index (κ1) is 16.4. The smallest absolute Gasteiger partial charge is 0.244 e. The second-order valence-electron chi connectivity index (χ2n) is 5.07. The van der Waals surface area contributed by atoms with Gasteiger partial charge in [-0.3, -0.25) is 4.98 Å². The summed E-state index contributed by atoms with van der Waals surface area (Å²) in [6, 6.07) is 9.31. The molecule has 0 aliphatic carbocycles. The number of pyridine rings is 1. The summed E-state index contributed by atoms with van der Waals surface area (Å²) in [7, 11) is 3.21. The molecule has 0 saturated carbocycles. The van der Waals surface area contributed by atoms with E-state index in [0.717, 1.165) is 11.3 Å². The summed E-state index contributed by atoms with van der Waals surface area (Å²) < 4.78 is 10.6. The third kappa shape index (κ3) is 4.31. The fourth-order valence-electron chi connectivity index (χ4n) is 2.17. The number of rotatable bonds is 7. The molecular formula is C17H18N6O2. The van der Waals surface area contributed by atoms with Crippen LogP contribution >= 0.6 is 0 Å². The highest BCUT2D eigenvalue weighted by Gasteiger charge is 2.07. The first-order valence-electron chi connectivity index (χ1n) is 7.60. The van der Waals surface area contributed by atoms with Crippen LogP contribution in [0.25, 0.3) is 0 Å². The molecule has 0 aliphatic heterocycles. The number of nitrogens with zero attached hydrogens (tertiary/aromatic N) is 4. The van der Waals surface area contributed by atoms with E-state index in [1.165, 1.54) is 6.20 Å². The topological polar surface area (TPSA) is 94.1 Å². The van der Waals surface area contributed by atoms with E-state index in [9.17, 15) is 0 Å². The molecule has 0 spiro atoms. The summed E-state index contributed by atoms with van der Waals surface area (Å²) in [5, 5.41) is 14.3. The molecule has 0 amide bonds. The number of hydrogen-bond donors (Lipinski definition) is 2. The van der Waals surface area contributed by atoms with Crippen LogP contribution in [0.5, 0.6) is 11.5 Å². The Bertz CT molecular complexity index is 828. The third-order valence-electron chi connectivity index (χ3n) is 3.43. The van der Waals surface area contributed by atoms with Crippen molar-refractivity contribution in [2.45, 2.75) is 6.54 Å². The molecule has 0 radical (unpaired) electrons. The largest absolute Gasteiger partial charge is 0.497 e. The van der Waals surface area contributed by atoms with Crippen molar-refractivity contribution < 1.29 is 9.47 Å². The normalized spacial score (nSPS) is 10.2. The van der Waals surface area contributed by atoms with Crippen LogP contribution in [0, 0.1) is 0 Å². The lowest BCUT2D eigenvalue weighted by molar-refractivity contribution is 0.405.